The average Bonchev–Trinajstić information content (AvgIpc) is 3.52. The van der Waals surface area contributed by atoms with Crippen LogP contribution < -0.4 is 16.0 Å². The molecule has 11 nitrogen and oxygen atoms in total. The number of carbonyl (C=O) groups excluding carboxylic acids is 3. The number of nitrogens with one attached hydrogen (secondary N) is 4. The molecule has 3 aromatic rings. The first-order valence-corrected chi connectivity index (χ1v) is 14.6. The van der Waals surface area contributed by atoms with Gasteiger partial charge < -0.3 is 35.9 Å². The Hall–Kier alpha value is -4.22. The van der Waals surface area contributed by atoms with E-state index in [0.29, 0.717) is 25.0 Å². The van der Waals surface area contributed by atoms with Crippen molar-refractivity contribution in [2.75, 3.05) is 6.61 Å². The molecular formula is C32H43N5O6. The van der Waals surface area contributed by atoms with E-state index >= 15 is 0 Å². The molecule has 0 fully saturated rings. The molecular weight excluding hydrogens is 550 g/mol. The number of rotatable bonds is 17. The first-order chi connectivity index (χ1) is 20.7. The molecule has 0 saturated carbocycles. The Morgan fingerprint density at radius 3 is 2.12 bits per heavy atom. The van der Waals surface area contributed by atoms with E-state index in [0.717, 1.165) is 11.1 Å². The first kappa shape index (κ1) is 33.3. The Bertz CT molecular complexity index is 1240. The van der Waals surface area contributed by atoms with Gasteiger partial charge in [-0.15, -0.1) is 0 Å². The second kappa shape index (κ2) is 17.7. The van der Waals surface area contributed by atoms with Crippen LogP contribution in [0.4, 0.5) is 4.79 Å². The summed E-state index contributed by atoms with van der Waals surface area (Å²) < 4.78 is 5.36. The van der Waals surface area contributed by atoms with Gasteiger partial charge in [-0.25, -0.2) is 9.78 Å². The monoisotopic (exact) mass is 593 g/mol. The summed E-state index contributed by atoms with van der Waals surface area (Å²) in [6, 6.07) is 15.7. The number of ether oxygens (including phenoxy) is 1. The molecule has 0 aliphatic carbocycles. The summed E-state index contributed by atoms with van der Waals surface area (Å²) in [6.45, 7) is 3.93. The lowest BCUT2D eigenvalue weighted by Crippen LogP contribution is -2.57. The highest BCUT2D eigenvalue weighted by Crippen LogP contribution is 2.14. The van der Waals surface area contributed by atoms with E-state index in [4.69, 9.17) is 4.74 Å². The quantitative estimate of drug-likeness (QED) is 0.140. The van der Waals surface area contributed by atoms with Crippen LogP contribution in [0.15, 0.2) is 73.2 Å². The number of carbonyl (C=O) groups is 3. The van der Waals surface area contributed by atoms with E-state index in [2.05, 4.69) is 25.9 Å². The summed E-state index contributed by atoms with van der Waals surface area (Å²) in [6.07, 6.45) is 2.95. The number of nitrogens with zero attached hydrogens (tertiary/aromatic N) is 1. The predicted molar refractivity (Wildman–Crippen MR) is 162 cm³/mol. The average molecular weight is 594 g/mol. The van der Waals surface area contributed by atoms with Crippen LogP contribution in [0.25, 0.3) is 0 Å². The van der Waals surface area contributed by atoms with E-state index in [1.165, 1.54) is 6.33 Å². The fourth-order valence-electron chi connectivity index (χ4n) is 4.66. The second-order valence-corrected chi connectivity index (χ2v) is 11.0. The predicted octanol–water partition coefficient (Wildman–Crippen LogP) is 2.64. The molecule has 2 aromatic carbocycles. The maximum Gasteiger partial charge on any atom is 0.408 e. The number of aliphatic hydroxyl groups is 2. The normalized spacial score (nSPS) is 13.9. The molecule has 0 saturated heterocycles. The fraction of sp³-hybridized carbons (Fsp3) is 0.438. The summed E-state index contributed by atoms with van der Waals surface area (Å²) in [5.41, 5.74) is 2.16. The van der Waals surface area contributed by atoms with E-state index in [-0.39, 0.29) is 32.0 Å². The van der Waals surface area contributed by atoms with Gasteiger partial charge in [-0.1, -0.05) is 74.5 Å². The number of hydrogen-bond acceptors (Lipinski definition) is 7. The minimum Gasteiger partial charge on any atom is -0.445 e. The van der Waals surface area contributed by atoms with Crippen LogP contribution in [0, 0.1) is 5.92 Å². The van der Waals surface area contributed by atoms with Crippen molar-refractivity contribution >= 4 is 17.9 Å². The molecule has 0 aliphatic rings. The number of imidazole rings is 1. The van der Waals surface area contributed by atoms with E-state index in [1.54, 1.807) is 6.20 Å². The van der Waals surface area contributed by atoms with Crippen molar-refractivity contribution in [2.24, 2.45) is 5.92 Å². The number of aromatic amines is 1. The molecule has 3 amide bonds. The Morgan fingerprint density at radius 2 is 1.51 bits per heavy atom. The molecule has 2 unspecified atom stereocenters. The number of H-pyrrole nitrogens is 1. The largest absolute Gasteiger partial charge is 0.445 e. The van der Waals surface area contributed by atoms with Gasteiger partial charge in [0.15, 0.2) is 0 Å². The van der Waals surface area contributed by atoms with E-state index in [9.17, 15) is 24.6 Å². The van der Waals surface area contributed by atoms with Gasteiger partial charge in [-0.05, 0) is 36.3 Å². The van der Waals surface area contributed by atoms with Gasteiger partial charge >= 0.3 is 6.09 Å². The van der Waals surface area contributed by atoms with Crippen LogP contribution in [0.5, 0.6) is 0 Å². The van der Waals surface area contributed by atoms with Gasteiger partial charge in [0.05, 0.1) is 24.2 Å². The van der Waals surface area contributed by atoms with Crippen molar-refractivity contribution in [1.29, 1.82) is 0 Å². The lowest BCUT2D eigenvalue weighted by atomic mass is 9.95. The number of aliphatic hydroxyl groups excluding tert-OH is 2. The Labute approximate surface area is 252 Å². The van der Waals surface area contributed by atoms with Crippen molar-refractivity contribution in [3.63, 3.8) is 0 Å². The highest BCUT2D eigenvalue weighted by molar-refractivity contribution is 5.91. The zero-order valence-corrected chi connectivity index (χ0v) is 24.7. The molecule has 0 aliphatic heterocycles. The Balaban J connectivity index is 1.77. The summed E-state index contributed by atoms with van der Waals surface area (Å²) in [5.74, 6) is -0.887. The number of benzene rings is 2. The third-order valence-electron chi connectivity index (χ3n) is 6.88. The molecule has 6 N–H and O–H groups in total. The summed E-state index contributed by atoms with van der Waals surface area (Å²) in [4.78, 5) is 47.1. The molecule has 0 radical (unpaired) electrons. The van der Waals surface area contributed by atoms with Gasteiger partial charge in [0.25, 0.3) is 0 Å². The van der Waals surface area contributed by atoms with Crippen LogP contribution in [0.1, 0.15) is 49.9 Å². The smallest absolute Gasteiger partial charge is 0.408 e. The fourth-order valence-corrected chi connectivity index (χ4v) is 4.66. The summed E-state index contributed by atoms with van der Waals surface area (Å²) in [7, 11) is 0. The minimum atomic E-state index is -1.05. The van der Waals surface area contributed by atoms with Crippen molar-refractivity contribution in [2.45, 2.75) is 76.8 Å². The maximum atomic E-state index is 13.7. The summed E-state index contributed by atoms with van der Waals surface area (Å²) in [5, 5.41) is 28.3. The van der Waals surface area contributed by atoms with Crippen molar-refractivity contribution in [3.05, 3.63) is 90.0 Å². The topological polar surface area (TPSA) is 166 Å². The SMILES string of the molecule is CC(C)CC(NC(=O)[C@H](Cc1c[nH]cn1)NC(=O)[C@H](Cc1ccccc1)NC(=O)OCc1ccccc1)C(O)CCCO. The number of hydrogen-bond donors (Lipinski definition) is 6. The Kier molecular flexibility index (Phi) is 13.7. The second-order valence-electron chi connectivity index (χ2n) is 11.0. The minimum absolute atomic E-state index is 0.0341. The van der Waals surface area contributed by atoms with Gasteiger partial charge in [0.2, 0.25) is 11.8 Å². The third kappa shape index (κ3) is 11.9. The molecule has 232 valence electrons. The first-order valence-electron chi connectivity index (χ1n) is 14.6. The molecule has 1 heterocycles. The molecule has 0 bridgehead atoms. The highest BCUT2D eigenvalue weighted by Gasteiger charge is 2.31. The van der Waals surface area contributed by atoms with Crippen LogP contribution in [0.2, 0.25) is 0 Å². The van der Waals surface area contributed by atoms with Gasteiger partial charge in [-0.3, -0.25) is 9.59 Å². The lowest BCUT2D eigenvalue weighted by Gasteiger charge is -2.29. The molecule has 43 heavy (non-hydrogen) atoms. The maximum absolute atomic E-state index is 13.7. The standard InChI is InChI=1S/C32H43N5O6/c1-22(2)16-26(29(39)14-9-15-38)35-31(41)28(18-25-19-33-21-34-25)36-30(40)27(17-23-10-5-3-6-11-23)37-32(42)43-20-24-12-7-4-8-13-24/h3-8,10-13,19,21-22,26-29,38-39H,9,14-18,20H2,1-2H3,(H,33,34)(H,35,41)(H,36,40)(H,37,42)/t26?,27-,28-,29?/m0/s1. The number of alkyl carbamates (subject to hydrolysis) is 1. The van der Waals surface area contributed by atoms with Gasteiger partial charge in [0.1, 0.15) is 18.7 Å². The molecule has 11 heteroatoms. The van der Waals surface area contributed by atoms with Crippen molar-refractivity contribution in [3.8, 4) is 0 Å². The number of aromatic nitrogens is 2. The lowest BCUT2D eigenvalue weighted by molar-refractivity contribution is -0.131. The van der Waals surface area contributed by atoms with Gasteiger partial charge in [0, 0.05) is 25.6 Å². The zero-order chi connectivity index (χ0) is 31.0. The zero-order valence-electron chi connectivity index (χ0n) is 24.7. The van der Waals surface area contributed by atoms with Crippen molar-refractivity contribution in [1.82, 2.24) is 25.9 Å². The molecule has 0 spiro atoms. The molecule has 3 rings (SSSR count). The molecule has 1 aromatic heterocycles. The summed E-state index contributed by atoms with van der Waals surface area (Å²) >= 11 is 0. The number of amides is 3. The van der Waals surface area contributed by atoms with E-state index < -0.39 is 42.1 Å². The third-order valence-corrected chi connectivity index (χ3v) is 6.88. The van der Waals surface area contributed by atoms with E-state index in [1.807, 2.05) is 74.5 Å². The van der Waals surface area contributed by atoms with Crippen LogP contribution >= 0.6 is 0 Å². The van der Waals surface area contributed by atoms with Crippen molar-refractivity contribution < 1.29 is 29.3 Å². The van der Waals surface area contributed by atoms with Crippen LogP contribution in [-0.4, -0.2) is 68.9 Å². The Morgan fingerprint density at radius 1 is 0.884 bits per heavy atom. The molecule has 4 atom stereocenters. The highest BCUT2D eigenvalue weighted by atomic mass is 16.5. The van der Waals surface area contributed by atoms with Crippen LogP contribution in [0.3, 0.4) is 0 Å². The van der Waals surface area contributed by atoms with Gasteiger partial charge in [-0.2, -0.15) is 0 Å². The van der Waals surface area contributed by atoms with Crippen LogP contribution in [-0.2, 0) is 33.8 Å².